The molecule has 2 rings (SSSR count). The quantitative estimate of drug-likeness (QED) is 0.839. The highest BCUT2D eigenvalue weighted by atomic mass is 19.1. The van der Waals surface area contributed by atoms with Crippen molar-refractivity contribution in [3.8, 4) is 5.75 Å². The summed E-state index contributed by atoms with van der Waals surface area (Å²) in [6.07, 6.45) is 4.77. The standard InChI is InChI=1S/C18H27FN2O2/c1-14-5-3-4-6-17(14)20-18(22)13-21(2)11-12-23-16-9-7-15(19)8-10-16/h7-10,14,17H,3-6,11-13H2,1-2H3,(H,20,22)/t14-,17+/m1/s1. The number of carbonyl (C=O) groups is 1. The molecule has 0 saturated heterocycles. The number of halogens is 1. The van der Waals surface area contributed by atoms with Crippen LogP contribution in [-0.4, -0.2) is 43.6 Å². The summed E-state index contributed by atoms with van der Waals surface area (Å²) in [4.78, 5) is 14.0. The molecule has 0 bridgehead atoms. The van der Waals surface area contributed by atoms with Gasteiger partial charge >= 0.3 is 0 Å². The predicted octanol–water partition coefficient (Wildman–Crippen LogP) is 2.83. The van der Waals surface area contributed by atoms with Crippen molar-refractivity contribution < 1.29 is 13.9 Å². The minimum absolute atomic E-state index is 0.0769. The molecule has 0 radical (unpaired) electrons. The molecule has 0 spiro atoms. The third kappa shape index (κ3) is 6.18. The molecule has 1 aromatic carbocycles. The van der Waals surface area contributed by atoms with Crippen molar-refractivity contribution in [1.82, 2.24) is 10.2 Å². The van der Waals surface area contributed by atoms with Crippen molar-refractivity contribution in [2.24, 2.45) is 5.92 Å². The van der Waals surface area contributed by atoms with Crippen molar-refractivity contribution in [3.63, 3.8) is 0 Å². The first-order valence-electron chi connectivity index (χ1n) is 8.41. The summed E-state index contributed by atoms with van der Waals surface area (Å²) in [5, 5.41) is 3.15. The lowest BCUT2D eigenvalue weighted by molar-refractivity contribution is -0.123. The van der Waals surface area contributed by atoms with E-state index in [2.05, 4.69) is 12.2 Å². The Morgan fingerprint density at radius 3 is 2.70 bits per heavy atom. The molecule has 1 aliphatic carbocycles. The van der Waals surface area contributed by atoms with Crippen LogP contribution in [-0.2, 0) is 4.79 Å². The molecule has 2 atom stereocenters. The molecular formula is C18H27FN2O2. The average Bonchev–Trinajstić information content (AvgIpc) is 2.51. The van der Waals surface area contributed by atoms with Gasteiger partial charge < -0.3 is 10.1 Å². The van der Waals surface area contributed by atoms with E-state index in [-0.39, 0.29) is 11.7 Å². The van der Waals surface area contributed by atoms with Gasteiger partial charge in [0, 0.05) is 12.6 Å². The SMILES string of the molecule is C[C@@H]1CCCC[C@@H]1NC(=O)CN(C)CCOc1ccc(F)cc1. The molecule has 5 heteroatoms. The van der Waals surface area contributed by atoms with E-state index in [0.29, 0.717) is 37.4 Å². The maximum absolute atomic E-state index is 12.8. The zero-order chi connectivity index (χ0) is 16.7. The van der Waals surface area contributed by atoms with E-state index in [0.717, 1.165) is 6.42 Å². The van der Waals surface area contributed by atoms with E-state index < -0.39 is 0 Å². The Balaban J connectivity index is 1.64. The molecule has 1 fully saturated rings. The van der Waals surface area contributed by atoms with E-state index in [9.17, 15) is 9.18 Å². The Bertz CT molecular complexity index is 492. The molecule has 1 aliphatic rings. The number of ether oxygens (including phenoxy) is 1. The third-order valence-electron chi connectivity index (χ3n) is 4.43. The monoisotopic (exact) mass is 322 g/mol. The van der Waals surface area contributed by atoms with E-state index in [1.165, 1.54) is 31.4 Å². The summed E-state index contributed by atoms with van der Waals surface area (Å²) in [5.41, 5.74) is 0. The second-order valence-electron chi connectivity index (χ2n) is 6.48. The van der Waals surface area contributed by atoms with Crippen LogP contribution in [0, 0.1) is 11.7 Å². The molecular weight excluding hydrogens is 295 g/mol. The molecule has 0 heterocycles. The van der Waals surface area contributed by atoms with Crippen LogP contribution in [0.2, 0.25) is 0 Å². The second-order valence-corrected chi connectivity index (χ2v) is 6.48. The summed E-state index contributed by atoms with van der Waals surface area (Å²) in [5.74, 6) is 1.01. The molecule has 128 valence electrons. The van der Waals surface area contributed by atoms with E-state index in [1.54, 1.807) is 12.1 Å². The van der Waals surface area contributed by atoms with Gasteiger partial charge in [0.2, 0.25) is 5.91 Å². The van der Waals surface area contributed by atoms with Gasteiger partial charge in [0.1, 0.15) is 18.2 Å². The van der Waals surface area contributed by atoms with Gasteiger partial charge in [-0.2, -0.15) is 0 Å². The van der Waals surface area contributed by atoms with Crippen LogP contribution in [0.4, 0.5) is 4.39 Å². The zero-order valence-corrected chi connectivity index (χ0v) is 14.1. The molecule has 1 N–H and O–H groups in total. The summed E-state index contributed by atoms with van der Waals surface area (Å²) in [6, 6.07) is 6.27. The molecule has 1 aromatic rings. The van der Waals surface area contributed by atoms with Gasteiger partial charge in [-0.05, 0) is 50.1 Å². The fraction of sp³-hybridized carbons (Fsp3) is 0.611. The lowest BCUT2D eigenvalue weighted by atomic mass is 9.86. The summed E-state index contributed by atoms with van der Waals surface area (Å²) in [7, 11) is 1.90. The topological polar surface area (TPSA) is 41.6 Å². The van der Waals surface area contributed by atoms with Crippen LogP contribution in [0.3, 0.4) is 0 Å². The van der Waals surface area contributed by atoms with Gasteiger partial charge in [-0.3, -0.25) is 9.69 Å². The minimum atomic E-state index is -0.275. The van der Waals surface area contributed by atoms with E-state index in [4.69, 9.17) is 4.74 Å². The first kappa shape index (κ1) is 17.7. The lowest BCUT2D eigenvalue weighted by Gasteiger charge is -2.30. The van der Waals surface area contributed by atoms with Gasteiger partial charge in [-0.25, -0.2) is 4.39 Å². The van der Waals surface area contributed by atoms with Gasteiger partial charge in [0.25, 0.3) is 0 Å². The number of carbonyl (C=O) groups excluding carboxylic acids is 1. The van der Waals surface area contributed by atoms with Crippen LogP contribution in [0.15, 0.2) is 24.3 Å². The Hall–Kier alpha value is -1.62. The summed E-state index contributed by atoms with van der Waals surface area (Å²) in [6.45, 7) is 3.70. The molecule has 4 nitrogen and oxygen atoms in total. The molecule has 1 saturated carbocycles. The Kier molecular flexibility index (Phi) is 6.84. The Labute approximate surface area is 138 Å². The predicted molar refractivity (Wildman–Crippen MR) is 89.0 cm³/mol. The Morgan fingerprint density at radius 1 is 1.30 bits per heavy atom. The number of hydrogen-bond donors (Lipinski definition) is 1. The highest BCUT2D eigenvalue weighted by Gasteiger charge is 2.22. The maximum atomic E-state index is 12.8. The average molecular weight is 322 g/mol. The molecule has 1 amide bonds. The lowest BCUT2D eigenvalue weighted by Crippen LogP contribution is -2.45. The van der Waals surface area contributed by atoms with Crippen molar-refractivity contribution in [1.29, 1.82) is 0 Å². The number of benzene rings is 1. The first-order chi connectivity index (χ1) is 11.0. The fourth-order valence-corrected chi connectivity index (χ4v) is 2.96. The van der Waals surface area contributed by atoms with Crippen molar-refractivity contribution in [3.05, 3.63) is 30.1 Å². The molecule has 0 aliphatic heterocycles. The van der Waals surface area contributed by atoms with Gasteiger partial charge in [-0.15, -0.1) is 0 Å². The zero-order valence-electron chi connectivity index (χ0n) is 14.1. The van der Waals surface area contributed by atoms with Crippen molar-refractivity contribution >= 4 is 5.91 Å². The van der Waals surface area contributed by atoms with Crippen LogP contribution >= 0.6 is 0 Å². The van der Waals surface area contributed by atoms with Crippen molar-refractivity contribution in [2.75, 3.05) is 26.7 Å². The number of nitrogens with one attached hydrogen (secondary N) is 1. The van der Waals surface area contributed by atoms with Gasteiger partial charge in [0.05, 0.1) is 6.54 Å². The number of likely N-dealkylation sites (N-methyl/N-ethyl adjacent to an activating group) is 1. The largest absolute Gasteiger partial charge is 0.492 e. The number of amides is 1. The molecule has 0 aromatic heterocycles. The van der Waals surface area contributed by atoms with Gasteiger partial charge in [0.15, 0.2) is 0 Å². The molecule has 23 heavy (non-hydrogen) atoms. The van der Waals surface area contributed by atoms with Crippen LogP contribution in [0.25, 0.3) is 0 Å². The third-order valence-corrected chi connectivity index (χ3v) is 4.43. The molecule has 0 unspecified atom stereocenters. The maximum Gasteiger partial charge on any atom is 0.234 e. The normalized spacial score (nSPS) is 21.2. The summed E-state index contributed by atoms with van der Waals surface area (Å²) < 4.78 is 18.3. The van der Waals surface area contributed by atoms with Crippen LogP contribution < -0.4 is 10.1 Å². The van der Waals surface area contributed by atoms with Crippen molar-refractivity contribution in [2.45, 2.75) is 38.6 Å². The number of rotatable bonds is 7. The highest BCUT2D eigenvalue weighted by Crippen LogP contribution is 2.23. The number of hydrogen-bond acceptors (Lipinski definition) is 3. The van der Waals surface area contributed by atoms with Gasteiger partial charge in [-0.1, -0.05) is 19.8 Å². The smallest absolute Gasteiger partial charge is 0.234 e. The summed E-state index contributed by atoms with van der Waals surface area (Å²) >= 11 is 0. The minimum Gasteiger partial charge on any atom is -0.492 e. The first-order valence-corrected chi connectivity index (χ1v) is 8.41. The van der Waals surface area contributed by atoms with Crippen LogP contribution in [0.1, 0.15) is 32.6 Å². The van der Waals surface area contributed by atoms with Crippen LogP contribution in [0.5, 0.6) is 5.75 Å². The van der Waals surface area contributed by atoms with E-state index >= 15 is 0 Å². The fourth-order valence-electron chi connectivity index (χ4n) is 2.96. The number of nitrogens with zero attached hydrogens (tertiary/aromatic N) is 1. The highest BCUT2D eigenvalue weighted by molar-refractivity contribution is 5.78. The van der Waals surface area contributed by atoms with E-state index in [1.807, 2.05) is 11.9 Å². The Morgan fingerprint density at radius 2 is 2.00 bits per heavy atom. The second kappa shape index (κ2) is 8.87.